The van der Waals surface area contributed by atoms with Gasteiger partial charge in [0.1, 0.15) is 5.75 Å². The number of ether oxygens (including phenoxy) is 1. The van der Waals surface area contributed by atoms with Crippen LogP contribution in [0.25, 0.3) is 0 Å². The van der Waals surface area contributed by atoms with Gasteiger partial charge in [-0.3, -0.25) is 0 Å². The quantitative estimate of drug-likeness (QED) is 0.745. The molecule has 2 saturated heterocycles. The molecule has 29 heavy (non-hydrogen) atoms. The van der Waals surface area contributed by atoms with Crippen LogP contribution in [0.2, 0.25) is 0 Å². The summed E-state index contributed by atoms with van der Waals surface area (Å²) in [4.78, 5) is 11.1. The molecule has 2 aliphatic heterocycles. The van der Waals surface area contributed by atoms with Crippen molar-refractivity contribution in [3.63, 3.8) is 0 Å². The Labute approximate surface area is 172 Å². The lowest BCUT2D eigenvalue weighted by molar-refractivity contribution is 0.380. The van der Waals surface area contributed by atoms with Crippen molar-refractivity contribution in [1.29, 1.82) is 0 Å². The molecule has 0 saturated carbocycles. The average molecular weight is 417 g/mol. The number of aromatic nitrogens is 2. The molecule has 0 N–H and O–H groups in total. The molecular formula is C21H28N4O3S. The van der Waals surface area contributed by atoms with E-state index in [0.29, 0.717) is 32.0 Å². The predicted molar refractivity (Wildman–Crippen MR) is 112 cm³/mol. The summed E-state index contributed by atoms with van der Waals surface area (Å²) >= 11 is 0. The summed E-state index contributed by atoms with van der Waals surface area (Å²) in [6.45, 7) is 4.54. The van der Waals surface area contributed by atoms with Crippen molar-refractivity contribution >= 4 is 16.0 Å². The van der Waals surface area contributed by atoms with Gasteiger partial charge in [0, 0.05) is 38.6 Å². The van der Waals surface area contributed by atoms with Crippen molar-refractivity contribution in [3.8, 4) is 5.75 Å². The second-order valence-electron chi connectivity index (χ2n) is 7.79. The molecule has 2 fully saturated rings. The Bertz CT molecular complexity index is 931. The molecule has 1 aromatic heterocycles. The molecule has 7 nitrogen and oxygen atoms in total. The highest BCUT2D eigenvalue weighted by molar-refractivity contribution is 7.90. The molecule has 156 valence electrons. The topological polar surface area (TPSA) is 75.6 Å². The van der Waals surface area contributed by atoms with Crippen molar-refractivity contribution in [3.05, 3.63) is 47.8 Å². The molecule has 2 aromatic rings. The first-order valence-electron chi connectivity index (χ1n) is 10.2. The standard InChI is InChI=1S/C21H28N4O3S/c1-3-16-12-22-21(23-13-16)24-10-8-18-15-25(29(26,27)20(18)9-11-24)14-17-4-6-19(28-2)7-5-17/h4-7,12-13,18,20H,3,8-11,14-15H2,1-2H3/t18-,20-/m1/s1. The molecule has 2 aliphatic rings. The van der Waals surface area contributed by atoms with E-state index in [1.54, 1.807) is 11.4 Å². The highest BCUT2D eigenvalue weighted by Gasteiger charge is 2.46. The fourth-order valence-electron chi connectivity index (χ4n) is 4.28. The Hall–Kier alpha value is -2.19. The fourth-order valence-corrected chi connectivity index (χ4v) is 6.50. The highest BCUT2D eigenvalue weighted by atomic mass is 32.2. The van der Waals surface area contributed by atoms with E-state index in [1.165, 1.54) is 0 Å². The Morgan fingerprint density at radius 3 is 2.41 bits per heavy atom. The van der Waals surface area contributed by atoms with E-state index in [0.717, 1.165) is 36.3 Å². The third-order valence-corrected chi connectivity index (χ3v) is 8.44. The number of fused-ring (bicyclic) bond motifs is 1. The lowest BCUT2D eigenvalue weighted by atomic mass is 10.0. The Balaban J connectivity index is 1.44. The predicted octanol–water partition coefficient (Wildman–Crippen LogP) is 2.48. The monoisotopic (exact) mass is 416 g/mol. The minimum absolute atomic E-state index is 0.151. The minimum Gasteiger partial charge on any atom is -0.497 e. The van der Waals surface area contributed by atoms with Crippen LogP contribution in [0.3, 0.4) is 0 Å². The van der Waals surface area contributed by atoms with Crippen molar-refractivity contribution < 1.29 is 13.2 Å². The molecule has 0 amide bonds. The van der Waals surface area contributed by atoms with E-state index in [-0.39, 0.29) is 11.2 Å². The van der Waals surface area contributed by atoms with Crippen LogP contribution in [-0.2, 0) is 23.0 Å². The lowest BCUT2D eigenvalue weighted by Gasteiger charge is -2.22. The Morgan fingerprint density at radius 1 is 1.07 bits per heavy atom. The Morgan fingerprint density at radius 2 is 1.76 bits per heavy atom. The van der Waals surface area contributed by atoms with Crippen molar-refractivity contribution in [2.24, 2.45) is 5.92 Å². The second-order valence-corrected chi connectivity index (χ2v) is 9.95. The van der Waals surface area contributed by atoms with E-state index in [4.69, 9.17) is 4.74 Å². The van der Waals surface area contributed by atoms with Gasteiger partial charge in [0.2, 0.25) is 16.0 Å². The van der Waals surface area contributed by atoms with Crippen LogP contribution < -0.4 is 9.64 Å². The van der Waals surface area contributed by atoms with Crippen LogP contribution in [0.4, 0.5) is 5.95 Å². The molecule has 0 bridgehead atoms. The van der Waals surface area contributed by atoms with Crippen molar-refractivity contribution in [2.45, 2.75) is 38.0 Å². The third kappa shape index (κ3) is 4.09. The lowest BCUT2D eigenvalue weighted by Crippen LogP contribution is -2.32. The van der Waals surface area contributed by atoms with Gasteiger partial charge in [-0.25, -0.2) is 18.4 Å². The zero-order valence-electron chi connectivity index (χ0n) is 17.0. The first-order valence-corrected chi connectivity index (χ1v) is 11.7. The van der Waals surface area contributed by atoms with Gasteiger partial charge in [-0.05, 0) is 48.4 Å². The number of rotatable bonds is 5. The number of anilines is 1. The van der Waals surface area contributed by atoms with Gasteiger partial charge in [-0.15, -0.1) is 0 Å². The number of hydrogen-bond donors (Lipinski definition) is 0. The molecule has 4 rings (SSSR count). The van der Waals surface area contributed by atoms with Gasteiger partial charge in [0.25, 0.3) is 0 Å². The van der Waals surface area contributed by atoms with Crippen LogP contribution >= 0.6 is 0 Å². The van der Waals surface area contributed by atoms with Crippen LogP contribution in [-0.4, -0.2) is 54.7 Å². The van der Waals surface area contributed by atoms with Gasteiger partial charge in [0.15, 0.2) is 0 Å². The zero-order chi connectivity index (χ0) is 20.4. The summed E-state index contributed by atoms with van der Waals surface area (Å²) in [6, 6.07) is 7.61. The largest absolute Gasteiger partial charge is 0.497 e. The SMILES string of the molecule is CCc1cnc(N2CC[C@@H]3CN(Cc4ccc(OC)cc4)S(=O)(=O)[C@@H]3CC2)nc1. The van der Waals surface area contributed by atoms with E-state index in [2.05, 4.69) is 21.8 Å². The number of hydrogen-bond acceptors (Lipinski definition) is 6. The molecule has 0 aliphatic carbocycles. The van der Waals surface area contributed by atoms with Gasteiger partial charge in [-0.2, -0.15) is 4.31 Å². The molecule has 0 radical (unpaired) electrons. The minimum atomic E-state index is -3.31. The average Bonchev–Trinajstić information content (AvgIpc) is 2.88. The molecule has 0 unspecified atom stereocenters. The first-order chi connectivity index (χ1) is 14.0. The number of benzene rings is 1. The maximum atomic E-state index is 13.2. The van der Waals surface area contributed by atoms with E-state index < -0.39 is 10.0 Å². The number of aryl methyl sites for hydroxylation is 1. The van der Waals surface area contributed by atoms with E-state index in [9.17, 15) is 8.42 Å². The zero-order valence-corrected chi connectivity index (χ0v) is 17.8. The molecule has 8 heteroatoms. The van der Waals surface area contributed by atoms with Crippen LogP contribution in [0.1, 0.15) is 30.9 Å². The maximum Gasteiger partial charge on any atom is 0.225 e. The van der Waals surface area contributed by atoms with Crippen molar-refractivity contribution in [1.82, 2.24) is 14.3 Å². The summed E-state index contributed by atoms with van der Waals surface area (Å²) in [5.41, 5.74) is 2.09. The fraction of sp³-hybridized carbons (Fsp3) is 0.524. The molecular weight excluding hydrogens is 388 g/mol. The molecule has 3 heterocycles. The number of methoxy groups -OCH3 is 1. The van der Waals surface area contributed by atoms with Gasteiger partial charge in [-0.1, -0.05) is 19.1 Å². The summed E-state index contributed by atoms with van der Waals surface area (Å²) < 4.78 is 33.2. The number of sulfonamides is 1. The molecule has 2 atom stereocenters. The summed E-state index contributed by atoms with van der Waals surface area (Å²) in [6.07, 6.45) is 6.09. The van der Waals surface area contributed by atoms with Gasteiger partial charge in [0.05, 0.1) is 12.4 Å². The third-order valence-electron chi connectivity index (χ3n) is 6.06. The first kappa shape index (κ1) is 20.1. The van der Waals surface area contributed by atoms with E-state index >= 15 is 0 Å². The van der Waals surface area contributed by atoms with Crippen LogP contribution in [0.15, 0.2) is 36.7 Å². The summed E-state index contributed by atoms with van der Waals surface area (Å²) in [7, 11) is -1.68. The van der Waals surface area contributed by atoms with Gasteiger partial charge < -0.3 is 9.64 Å². The highest BCUT2D eigenvalue weighted by Crippen LogP contribution is 2.35. The molecule has 0 spiro atoms. The van der Waals surface area contributed by atoms with Gasteiger partial charge >= 0.3 is 0 Å². The summed E-state index contributed by atoms with van der Waals surface area (Å²) in [5, 5.41) is -0.319. The van der Waals surface area contributed by atoms with Crippen LogP contribution in [0, 0.1) is 5.92 Å². The van der Waals surface area contributed by atoms with Crippen LogP contribution in [0.5, 0.6) is 5.75 Å². The van der Waals surface area contributed by atoms with E-state index in [1.807, 2.05) is 36.7 Å². The Kier molecular flexibility index (Phi) is 5.74. The second kappa shape index (κ2) is 8.28. The molecule has 1 aromatic carbocycles. The normalized spacial score (nSPS) is 24.1. The van der Waals surface area contributed by atoms with Crippen molar-refractivity contribution in [2.75, 3.05) is 31.6 Å². The maximum absolute atomic E-state index is 13.2. The number of nitrogens with zero attached hydrogens (tertiary/aromatic N) is 4. The summed E-state index contributed by atoms with van der Waals surface area (Å²) in [5.74, 6) is 1.63. The smallest absolute Gasteiger partial charge is 0.225 e.